The highest BCUT2D eigenvalue weighted by atomic mass is 32.1. The molecule has 1 saturated heterocycles. The number of nitrogens with zero attached hydrogens (tertiary/aromatic N) is 2. The van der Waals surface area contributed by atoms with Crippen LogP contribution in [0, 0.1) is 5.92 Å². The Morgan fingerprint density at radius 1 is 1.57 bits per heavy atom. The molecular formula is C15H26N4OS. The lowest BCUT2D eigenvalue weighted by Crippen LogP contribution is -2.43. The van der Waals surface area contributed by atoms with Crippen molar-refractivity contribution in [2.45, 2.75) is 45.7 Å². The fraction of sp³-hybridized carbons (Fsp3) is 0.733. The van der Waals surface area contributed by atoms with E-state index >= 15 is 0 Å². The minimum atomic E-state index is -0.414. The van der Waals surface area contributed by atoms with Gasteiger partial charge in [0.15, 0.2) is 0 Å². The topological polar surface area (TPSA) is 71.2 Å². The Labute approximate surface area is 130 Å². The van der Waals surface area contributed by atoms with Crippen molar-refractivity contribution in [3.8, 4) is 0 Å². The van der Waals surface area contributed by atoms with E-state index in [1.165, 1.54) is 10.7 Å². The zero-order valence-corrected chi connectivity index (χ0v) is 13.8. The Morgan fingerprint density at radius 2 is 2.29 bits per heavy atom. The second-order valence-corrected chi connectivity index (χ2v) is 6.78. The quantitative estimate of drug-likeness (QED) is 0.833. The second kappa shape index (κ2) is 7.87. The number of aryl methyl sites for hydroxylation is 1. The Balaban J connectivity index is 1.69. The summed E-state index contributed by atoms with van der Waals surface area (Å²) >= 11 is 1.76. The molecule has 0 unspecified atom stereocenters. The van der Waals surface area contributed by atoms with Crippen LogP contribution in [0.1, 0.15) is 37.4 Å². The van der Waals surface area contributed by atoms with Gasteiger partial charge < -0.3 is 11.1 Å². The van der Waals surface area contributed by atoms with E-state index in [4.69, 9.17) is 5.73 Å². The lowest BCUT2D eigenvalue weighted by molar-refractivity contribution is -0.122. The fourth-order valence-electron chi connectivity index (χ4n) is 2.57. The molecule has 0 aliphatic carbocycles. The molecule has 1 aromatic heterocycles. The third-order valence-electron chi connectivity index (χ3n) is 3.97. The van der Waals surface area contributed by atoms with Crippen LogP contribution in [0.15, 0.2) is 5.38 Å². The van der Waals surface area contributed by atoms with Gasteiger partial charge in [-0.05, 0) is 45.2 Å². The van der Waals surface area contributed by atoms with Gasteiger partial charge in [0.25, 0.3) is 0 Å². The van der Waals surface area contributed by atoms with Crippen LogP contribution in [0.25, 0.3) is 0 Å². The first kappa shape index (κ1) is 16.4. The largest absolute Gasteiger partial charge is 0.354 e. The van der Waals surface area contributed by atoms with E-state index in [9.17, 15) is 4.79 Å². The number of hydrogen-bond donors (Lipinski definition) is 2. The Hall–Kier alpha value is -0.980. The van der Waals surface area contributed by atoms with Crippen LogP contribution in [-0.4, -0.2) is 41.5 Å². The Morgan fingerprint density at radius 3 is 2.86 bits per heavy atom. The summed E-state index contributed by atoms with van der Waals surface area (Å²) in [5.74, 6) is 0.526. The van der Waals surface area contributed by atoms with Crippen molar-refractivity contribution in [1.29, 1.82) is 0 Å². The Bertz CT molecular complexity index is 452. The molecule has 0 bridgehead atoms. The van der Waals surface area contributed by atoms with Gasteiger partial charge in [-0.15, -0.1) is 11.3 Å². The molecule has 1 amide bonds. The number of aromatic nitrogens is 1. The molecule has 1 atom stereocenters. The van der Waals surface area contributed by atoms with Gasteiger partial charge in [0.2, 0.25) is 5.91 Å². The van der Waals surface area contributed by atoms with Crippen molar-refractivity contribution in [1.82, 2.24) is 15.2 Å². The number of nitrogens with one attached hydrogen (secondary N) is 1. The summed E-state index contributed by atoms with van der Waals surface area (Å²) in [6, 6.07) is -0.414. The highest BCUT2D eigenvalue weighted by Crippen LogP contribution is 2.19. The standard InChI is InChI=1S/C15H26N4OS/c1-3-14-18-13(10-21-14)9-19-6-4-12(5-7-19)8-17-15(20)11(2)16/h10-12H,3-9,16H2,1-2H3,(H,17,20)/t11-/m1/s1. The first-order valence-electron chi connectivity index (χ1n) is 7.77. The molecule has 118 valence electrons. The van der Waals surface area contributed by atoms with Gasteiger partial charge >= 0.3 is 0 Å². The van der Waals surface area contributed by atoms with E-state index in [1.54, 1.807) is 18.3 Å². The van der Waals surface area contributed by atoms with Crippen LogP contribution in [0.4, 0.5) is 0 Å². The number of likely N-dealkylation sites (tertiary alicyclic amines) is 1. The molecular weight excluding hydrogens is 284 g/mol. The SMILES string of the molecule is CCc1nc(CN2CCC(CNC(=O)[C@@H](C)N)CC2)cs1. The maximum absolute atomic E-state index is 11.5. The van der Waals surface area contributed by atoms with Crippen LogP contribution < -0.4 is 11.1 Å². The molecule has 0 saturated carbocycles. The van der Waals surface area contributed by atoms with E-state index in [1.807, 2.05) is 0 Å². The number of carbonyl (C=O) groups excluding carboxylic acids is 1. The van der Waals surface area contributed by atoms with Crippen molar-refractivity contribution in [2.75, 3.05) is 19.6 Å². The molecule has 3 N–H and O–H groups in total. The molecule has 2 rings (SSSR count). The van der Waals surface area contributed by atoms with Gasteiger partial charge in [0.1, 0.15) is 0 Å². The zero-order valence-electron chi connectivity index (χ0n) is 13.0. The molecule has 1 aromatic rings. The molecule has 0 radical (unpaired) electrons. The summed E-state index contributed by atoms with van der Waals surface area (Å²) in [4.78, 5) is 18.6. The highest BCUT2D eigenvalue weighted by molar-refractivity contribution is 7.09. The summed E-state index contributed by atoms with van der Waals surface area (Å²) in [6.07, 6.45) is 3.28. The predicted octanol–water partition coefficient (Wildman–Crippen LogP) is 1.38. The summed E-state index contributed by atoms with van der Waals surface area (Å²) < 4.78 is 0. The number of thiazole rings is 1. The van der Waals surface area contributed by atoms with Crippen LogP contribution >= 0.6 is 11.3 Å². The third-order valence-corrected chi connectivity index (χ3v) is 5.02. The highest BCUT2D eigenvalue weighted by Gasteiger charge is 2.20. The normalized spacial score (nSPS) is 18.6. The maximum Gasteiger partial charge on any atom is 0.236 e. The molecule has 0 spiro atoms. The van der Waals surface area contributed by atoms with E-state index in [0.717, 1.165) is 45.4 Å². The number of hydrogen-bond acceptors (Lipinski definition) is 5. The lowest BCUT2D eigenvalue weighted by Gasteiger charge is -2.31. The van der Waals surface area contributed by atoms with Crippen molar-refractivity contribution < 1.29 is 4.79 Å². The number of rotatable bonds is 6. The van der Waals surface area contributed by atoms with Crippen molar-refractivity contribution in [2.24, 2.45) is 11.7 Å². The monoisotopic (exact) mass is 310 g/mol. The van der Waals surface area contributed by atoms with Gasteiger partial charge in [0.05, 0.1) is 16.7 Å². The first-order chi connectivity index (χ1) is 10.1. The summed E-state index contributed by atoms with van der Waals surface area (Å²) in [5, 5.41) is 6.33. The van der Waals surface area contributed by atoms with E-state index in [2.05, 4.69) is 27.5 Å². The number of amides is 1. The second-order valence-electron chi connectivity index (χ2n) is 5.84. The molecule has 6 heteroatoms. The van der Waals surface area contributed by atoms with Crippen LogP contribution in [0.5, 0.6) is 0 Å². The summed E-state index contributed by atoms with van der Waals surface area (Å²) in [6.45, 7) is 7.73. The summed E-state index contributed by atoms with van der Waals surface area (Å²) in [5.41, 5.74) is 6.74. The molecule has 1 aliphatic heterocycles. The Kier molecular flexibility index (Phi) is 6.14. The first-order valence-corrected chi connectivity index (χ1v) is 8.65. The number of carbonyl (C=O) groups is 1. The van der Waals surface area contributed by atoms with E-state index in [-0.39, 0.29) is 5.91 Å². The minimum Gasteiger partial charge on any atom is -0.354 e. The molecule has 0 aromatic carbocycles. The lowest BCUT2D eigenvalue weighted by atomic mass is 9.96. The molecule has 5 nitrogen and oxygen atoms in total. The smallest absolute Gasteiger partial charge is 0.236 e. The molecule has 2 heterocycles. The van der Waals surface area contributed by atoms with Crippen molar-refractivity contribution in [3.63, 3.8) is 0 Å². The predicted molar refractivity (Wildman–Crippen MR) is 86.2 cm³/mol. The van der Waals surface area contributed by atoms with Crippen LogP contribution in [0.2, 0.25) is 0 Å². The molecule has 1 fully saturated rings. The van der Waals surface area contributed by atoms with Gasteiger partial charge in [-0.25, -0.2) is 4.98 Å². The van der Waals surface area contributed by atoms with Crippen LogP contribution in [-0.2, 0) is 17.8 Å². The minimum absolute atomic E-state index is 0.0491. The van der Waals surface area contributed by atoms with Crippen LogP contribution in [0.3, 0.4) is 0 Å². The average molecular weight is 310 g/mol. The fourth-order valence-corrected chi connectivity index (χ4v) is 3.30. The maximum atomic E-state index is 11.5. The molecule has 21 heavy (non-hydrogen) atoms. The van der Waals surface area contributed by atoms with Crippen molar-refractivity contribution >= 4 is 17.2 Å². The van der Waals surface area contributed by atoms with Gasteiger partial charge in [-0.2, -0.15) is 0 Å². The molecule has 1 aliphatic rings. The van der Waals surface area contributed by atoms with E-state index in [0.29, 0.717) is 5.92 Å². The van der Waals surface area contributed by atoms with Gasteiger partial charge in [-0.3, -0.25) is 9.69 Å². The third kappa shape index (κ3) is 5.05. The van der Waals surface area contributed by atoms with Gasteiger partial charge in [-0.1, -0.05) is 6.92 Å². The number of piperidine rings is 1. The number of nitrogens with two attached hydrogens (primary N) is 1. The van der Waals surface area contributed by atoms with Gasteiger partial charge in [0, 0.05) is 18.5 Å². The van der Waals surface area contributed by atoms with E-state index < -0.39 is 6.04 Å². The average Bonchev–Trinajstić information content (AvgIpc) is 2.93. The zero-order chi connectivity index (χ0) is 15.2. The van der Waals surface area contributed by atoms with Crippen molar-refractivity contribution in [3.05, 3.63) is 16.1 Å². The summed E-state index contributed by atoms with van der Waals surface area (Å²) in [7, 11) is 0.